The maximum absolute atomic E-state index is 11.1. The van der Waals surface area contributed by atoms with E-state index in [9.17, 15) is 10.1 Å². The largest absolute Gasteiger partial charge is 0.302 e. The molecule has 0 aliphatic carbocycles. The van der Waals surface area contributed by atoms with Crippen molar-refractivity contribution in [2.45, 2.75) is 38.2 Å². The molecule has 0 fully saturated rings. The van der Waals surface area contributed by atoms with Crippen molar-refractivity contribution in [2.75, 3.05) is 0 Å². The van der Waals surface area contributed by atoms with Gasteiger partial charge >= 0.3 is 0 Å². The highest BCUT2D eigenvalue weighted by Gasteiger charge is 2.17. The van der Waals surface area contributed by atoms with E-state index in [0.29, 0.717) is 11.3 Å². The molecular formula is C19H20N4O2S. The molecule has 2 aromatic carbocycles. The molecular weight excluding hydrogens is 348 g/mol. The molecule has 0 atom stereocenters. The first-order valence-corrected chi connectivity index (χ1v) is 9.36. The van der Waals surface area contributed by atoms with Crippen LogP contribution in [0.25, 0.3) is 11.4 Å². The van der Waals surface area contributed by atoms with Crippen molar-refractivity contribution in [3.8, 4) is 11.4 Å². The smallest absolute Gasteiger partial charge is 0.272 e. The number of aromatic nitrogens is 3. The lowest BCUT2D eigenvalue weighted by Crippen LogP contribution is -2.01. The van der Waals surface area contributed by atoms with Gasteiger partial charge in [-0.05, 0) is 31.9 Å². The predicted octanol–water partition coefficient (Wildman–Crippen LogP) is 4.78. The quantitative estimate of drug-likeness (QED) is 0.355. The van der Waals surface area contributed by atoms with Gasteiger partial charge in [0.15, 0.2) is 11.0 Å². The van der Waals surface area contributed by atoms with Gasteiger partial charge in [-0.15, -0.1) is 10.2 Å². The van der Waals surface area contributed by atoms with Crippen LogP contribution in [-0.4, -0.2) is 19.7 Å². The number of aryl methyl sites for hydroxylation is 1. The van der Waals surface area contributed by atoms with Gasteiger partial charge in [0.1, 0.15) is 0 Å². The van der Waals surface area contributed by atoms with Crippen molar-refractivity contribution < 1.29 is 4.92 Å². The second-order valence-electron chi connectivity index (χ2n) is 5.97. The average Bonchev–Trinajstić information content (AvgIpc) is 3.03. The van der Waals surface area contributed by atoms with Gasteiger partial charge in [-0.3, -0.25) is 10.1 Å². The van der Waals surface area contributed by atoms with Crippen molar-refractivity contribution in [1.82, 2.24) is 14.8 Å². The molecule has 3 rings (SSSR count). The van der Waals surface area contributed by atoms with Gasteiger partial charge in [0.2, 0.25) is 0 Å². The van der Waals surface area contributed by atoms with Crippen LogP contribution < -0.4 is 0 Å². The highest BCUT2D eigenvalue weighted by molar-refractivity contribution is 7.98. The zero-order valence-electron chi connectivity index (χ0n) is 15.0. The minimum Gasteiger partial charge on any atom is -0.302 e. The predicted molar refractivity (Wildman–Crippen MR) is 103 cm³/mol. The van der Waals surface area contributed by atoms with Gasteiger partial charge in [-0.25, -0.2) is 0 Å². The van der Waals surface area contributed by atoms with E-state index in [-0.39, 0.29) is 10.6 Å². The monoisotopic (exact) mass is 368 g/mol. The Labute approximate surface area is 156 Å². The van der Waals surface area contributed by atoms with Crippen LogP contribution in [-0.2, 0) is 12.3 Å². The van der Waals surface area contributed by atoms with E-state index in [2.05, 4.69) is 34.7 Å². The SMILES string of the molecule is CCn1c(SCc2cccc([N+](=O)[O-])c2C)nnc1-c1ccccc1C. The van der Waals surface area contributed by atoms with Crippen molar-refractivity contribution in [3.05, 3.63) is 69.3 Å². The number of nitrogens with zero attached hydrogens (tertiary/aromatic N) is 4. The van der Waals surface area contributed by atoms with E-state index in [1.165, 1.54) is 6.07 Å². The Bertz CT molecular complexity index is 952. The molecule has 0 N–H and O–H groups in total. The molecule has 1 heterocycles. The number of hydrogen-bond acceptors (Lipinski definition) is 5. The topological polar surface area (TPSA) is 73.8 Å². The summed E-state index contributed by atoms with van der Waals surface area (Å²) >= 11 is 1.55. The molecule has 1 aromatic heterocycles. The molecule has 0 saturated heterocycles. The van der Waals surface area contributed by atoms with Crippen molar-refractivity contribution >= 4 is 17.4 Å². The Morgan fingerprint density at radius 3 is 2.58 bits per heavy atom. The third-order valence-corrected chi connectivity index (χ3v) is 5.41. The number of benzene rings is 2. The zero-order valence-corrected chi connectivity index (χ0v) is 15.8. The Kier molecular flexibility index (Phi) is 5.37. The molecule has 134 valence electrons. The number of nitro benzene ring substituents is 1. The molecule has 7 heteroatoms. The van der Waals surface area contributed by atoms with E-state index in [1.54, 1.807) is 24.8 Å². The molecule has 0 amide bonds. The maximum atomic E-state index is 11.1. The molecule has 0 aliphatic heterocycles. The van der Waals surface area contributed by atoms with Crippen molar-refractivity contribution in [2.24, 2.45) is 0 Å². The van der Waals surface area contributed by atoms with E-state index >= 15 is 0 Å². The third kappa shape index (κ3) is 3.48. The number of hydrogen-bond donors (Lipinski definition) is 0. The summed E-state index contributed by atoms with van der Waals surface area (Å²) in [5.41, 5.74) is 4.01. The summed E-state index contributed by atoms with van der Waals surface area (Å²) in [5.74, 6) is 1.46. The number of nitro groups is 1. The van der Waals surface area contributed by atoms with Crippen molar-refractivity contribution in [1.29, 1.82) is 0 Å². The molecule has 0 radical (unpaired) electrons. The molecule has 0 bridgehead atoms. The van der Waals surface area contributed by atoms with Crippen LogP contribution in [0.1, 0.15) is 23.6 Å². The minimum absolute atomic E-state index is 0.153. The maximum Gasteiger partial charge on any atom is 0.272 e. The molecule has 6 nitrogen and oxygen atoms in total. The first-order chi connectivity index (χ1) is 12.5. The second-order valence-corrected chi connectivity index (χ2v) is 6.91. The average molecular weight is 368 g/mol. The fraction of sp³-hybridized carbons (Fsp3) is 0.263. The van der Waals surface area contributed by atoms with E-state index in [1.807, 2.05) is 24.3 Å². The molecule has 0 saturated carbocycles. The lowest BCUT2D eigenvalue weighted by Gasteiger charge is -2.10. The molecule has 3 aromatic rings. The summed E-state index contributed by atoms with van der Waals surface area (Å²) < 4.78 is 2.08. The minimum atomic E-state index is -0.339. The van der Waals surface area contributed by atoms with Gasteiger partial charge in [0, 0.05) is 29.5 Å². The van der Waals surface area contributed by atoms with Gasteiger partial charge < -0.3 is 4.57 Å². The highest BCUT2D eigenvalue weighted by Crippen LogP contribution is 2.30. The molecule has 0 aliphatic rings. The Morgan fingerprint density at radius 2 is 1.88 bits per heavy atom. The summed E-state index contributed by atoms with van der Waals surface area (Å²) in [6.45, 7) is 6.67. The lowest BCUT2D eigenvalue weighted by atomic mass is 10.1. The van der Waals surface area contributed by atoms with Crippen LogP contribution in [0.2, 0.25) is 0 Å². The fourth-order valence-corrected chi connectivity index (χ4v) is 3.94. The van der Waals surface area contributed by atoms with Gasteiger partial charge in [0.25, 0.3) is 5.69 Å². The van der Waals surface area contributed by atoms with Crippen LogP contribution in [0.15, 0.2) is 47.6 Å². The summed E-state index contributed by atoms with van der Waals surface area (Å²) in [7, 11) is 0. The standard InChI is InChI=1S/C19H20N4O2S/c1-4-22-18(16-10-6-5-8-13(16)2)20-21-19(22)26-12-15-9-7-11-17(14(15)3)23(24)25/h5-11H,4,12H2,1-3H3. The van der Waals surface area contributed by atoms with E-state index < -0.39 is 0 Å². The first kappa shape index (κ1) is 18.1. The summed E-state index contributed by atoms with van der Waals surface area (Å²) in [6, 6.07) is 13.3. The summed E-state index contributed by atoms with van der Waals surface area (Å²) in [6.07, 6.45) is 0. The van der Waals surface area contributed by atoms with Gasteiger partial charge in [-0.2, -0.15) is 0 Å². The van der Waals surface area contributed by atoms with Crippen LogP contribution >= 0.6 is 11.8 Å². The first-order valence-electron chi connectivity index (χ1n) is 8.37. The second kappa shape index (κ2) is 7.70. The van der Waals surface area contributed by atoms with E-state index in [0.717, 1.165) is 34.2 Å². The van der Waals surface area contributed by atoms with Crippen molar-refractivity contribution in [3.63, 3.8) is 0 Å². The Morgan fingerprint density at radius 1 is 1.12 bits per heavy atom. The van der Waals surface area contributed by atoms with E-state index in [4.69, 9.17) is 0 Å². The zero-order chi connectivity index (χ0) is 18.7. The summed E-state index contributed by atoms with van der Waals surface area (Å²) in [4.78, 5) is 10.8. The lowest BCUT2D eigenvalue weighted by molar-refractivity contribution is -0.385. The van der Waals surface area contributed by atoms with Crippen LogP contribution in [0, 0.1) is 24.0 Å². The van der Waals surface area contributed by atoms with Crippen LogP contribution in [0.5, 0.6) is 0 Å². The Hall–Kier alpha value is -2.67. The summed E-state index contributed by atoms with van der Waals surface area (Å²) in [5, 5.41) is 20.7. The fourth-order valence-electron chi connectivity index (χ4n) is 2.87. The van der Waals surface area contributed by atoms with Crippen LogP contribution in [0.3, 0.4) is 0 Å². The number of thioether (sulfide) groups is 1. The molecule has 0 unspecified atom stereocenters. The highest BCUT2D eigenvalue weighted by atomic mass is 32.2. The molecule has 0 spiro atoms. The third-order valence-electron chi connectivity index (χ3n) is 4.39. The van der Waals surface area contributed by atoms with Gasteiger partial charge in [0.05, 0.1) is 4.92 Å². The molecule has 26 heavy (non-hydrogen) atoms. The Balaban J connectivity index is 1.87. The van der Waals surface area contributed by atoms with Gasteiger partial charge in [-0.1, -0.05) is 48.2 Å². The number of rotatable bonds is 6. The van der Waals surface area contributed by atoms with Crippen LogP contribution in [0.4, 0.5) is 5.69 Å². The normalized spacial score (nSPS) is 10.9.